The highest BCUT2D eigenvalue weighted by Crippen LogP contribution is 2.32. The van der Waals surface area contributed by atoms with Crippen LogP contribution in [0.4, 0.5) is 0 Å². The molecule has 0 spiro atoms. The molecule has 6 heteroatoms. The Morgan fingerprint density at radius 2 is 1.94 bits per heavy atom. The predicted octanol–water partition coefficient (Wildman–Crippen LogP) is -0.769. The molecule has 0 unspecified atom stereocenters. The van der Waals surface area contributed by atoms with Gasteiger partial charge in [-0.05, 0) is 13.8 Å². The van der Waals surface area contributed by atoms with Crippen molar-refractivity contribution >= 4 is 0 Å². The van der Waals surface area contributed by atoms with Crippen molar-refractivity contribution in [2.45, 2.75) is 50.3 Å². The van der Waals surface area contributed by atoms with Gasteiger partial charge in [-0.1, -0.05) is 0 Å². The molecule has 2 saturated heterocycles. The van der Waals surface area contributed by atoms with Crippen LogP contribution in [-0.2, 0) is 18.9 Å². The van der Waals surface area contributed by atoms with Crippen LogP contribution in [0.3, 0.4) is 0 Å². The first kappa shape index (κ1) is 12.2. The zero-order valence-corrected chi connectivity index (χ0v) is 9.62. The van der Waals surface area contributed by atoms with Crippen LogP contribution >= 0.6 is 0 Å². The lowest BCUT2D eigenvalue weighted by Gasteiger charge is -2.48. The summed E-state index contributed by atoms with van der Waals surface area (Å²) >= 11 is 0. The van der Waals surface area contributed by atoms with E-state index in [2.05, 4.69) is 0 Å². The van der Waals surface area contributed by atoms with Crippen molar-refractivity contribution in [2.75, 3.05) is 13.7 Å². The van der Waals surface area contributed by atoms with E-state index in [1.807, 2.05) is 0 Å². The number of rotatable bonds is 1. The van der Waals surface area contributed by atoms with Crippen LogP contribution in [0.2, 0.25) is 0 Å². The van der Waals surface area contributed by atoms with Gasteiger partial charge in [0.1, 0.15) is 24.4 Å². The third-order valence-corrected chi connectivity index (χ3v) is 2.89. The summed E-state index contributed by atoms with van der Waals surface area (Å²) in [4.78, 5) is 0. The first-order valence-electron chi connectivity index (χ1n) is 5.31. The molecule has 2 aliphatic heterocycles. The summed E-state index contributed by atoms with van der Waals surface area (Å²) in [5.74, 6) is -0.773. The van der Waals surface area contributed by atoms with Crippen molar-refractivity contribution in [3.8, 4) is 0 Å². The minimum atomic E-state index is -1.11. The number of hydrogen-bond acceptors (Lipinski definition) is 6. The Balaban J connectivity index is 2.11. The maximum atomic E-state index is 9.92. The molecule has 94 valence electrons. The van der Waals surface area contributed by atoms with E-state index < -0.39 is 36.5 Å². The lowest BCUT2D eigenvalue weighted by atomic mass is 9.97. The van der Waals surface area contributed by atoms with E-state index in [4.69, 9.17) is 18.9 Å². The van der Waals surface area contributed by atoms with Gasteiger partial charge in [-0.3, -0.25) is 0 Å². The zero-order valence-electron chi connectivity index (χ0n) is 9.62. The molecule has 2 fully saturated rings. The van der Waals surface area contributed by atoms with Crippen molar-refractivity contribution in [3.63, 3.8) is 0 Å². The Labute approximate surface area is 94.1 Å². The molecule has 2 N–H and O–H groups in total. The van der Waals surface area contributed by atoms with E-state index in [0.29, 0.717) is 6.61 Å². The topological polar surface area (TPSA) is 77.4 Å². The molecule has 0 aromatic rings. The molecule has 0 bridgehead atoms. The highest BCUT2D eigenvalue weighted by atomic mass is 16.8. The van der Waals surface area contributed by atoms with Crippen molar-refractivity contribution in [1.82, 2.24) is 0 Å². The lowest BCUT2D eigenvalue weighted by molar-refractivity contribution is -0.379. The first-order chi connectivity index (χ1) is 7.44. The summed E-state index contributed by atoms with van der Waals surface area (Å²) < 4.78 is 21.3. The van der Waals surface area contributed by atoms with E-state index in [1.54, 1.807) is 13.8 Å². The summed E-state index contributed by atoms with van der Waals surface area (Å²) in [5.41, 5.74) is 0. The molecule has 0 radical (unpaired) electrons. The Morgan fingerprint density at radius 1 is 1.25 bits per heavy atom. The van der Waals surface area contributed by atoms with Crippen LogP contribution in [0, 0.1) is 0 Å². The highest BCUT2D eigenvalue weighted by molar-refractivity contribution is 4.93. The fourth-order valence-corrected chi connectivity index (χ4v) is 2.02. The third-order valence-electron chi connectivity index (χ3n) is 2.89. The van der Waals surface area contributed by atoms with E-state index in [9.17, 15) is 10.2 Å². The van der Waals surface area contributed by atoms with E-state index in [0.717, 1.165) is 0 Å². The Bertz CT molecular complexity index is 254. The van der Waals surface area contributed by atoms with Crippen LogP contribution in [-0.4, -0.2) is 60.4 Å². The fourth-order valence-electron chi connectivity index (χ4n) is 2.02. The summed E-state index contributed by atoms with van der Waals surface area (Å²) in [6, 6.07) is 0. The van der Waals surface area contributed by atoms with Gasteiger partial charge in [0.15, 0.2) is 12.1 Å². The van der Waals surface area contributed by atoms with Crippen LogP contribution in [0.5, 0.6) is 0 Å². The maximum absolute atomic E-state index is 9.92. The molecule has 0 saturated carbocycles. The second-order valence-electron chi connectivity index (χ2n) is 4.55. The van der Waals surface area contributed by atoms with Crippen molar-refractivity contribution < 1.29 is 29.2 Å². The van der Waals surface area contributed by atoms with Crippen molar-refractivity contribution in [1.29, 1.82) is 0 Å². The predicted molar refractivity (Wildman–Crippen MR) is 52.6 cm³/mol. The normalized spacial score (nSPS) is 47.4. The van der Waals surface area contributed by atoms with E-state index >= 15 is 0 Å². The summed E-state index contributed by atoms with van der Waals surface area (Å²) in [7, 11) is 1.41. The zero-order chi connectivity index (χ0) is 11.9. The van der Waals surface area contributed by atoms with Gasteiger partial charge in [-0.2, -0.15) is 0 Å². The van der Waals surface area contributed by atoms with E-state index in [1.165, 1.54) is 7.11 Å². The van der Waals surface area contributed by atoms with Crippen molar-refractivity contribution in [3.05, 3.63) is 0 Å². The minimum absolute atomic E-state index is 0.307. The number of ether oxygens (including phenoxy) is 4. The Kier molecular flexibility index (Phi) is 3.22. The van der Waals surface area contributed by atoms with Gasteiger partial charge in [0.2, 0.25) is 0 Å². The van der Waals surface area contributed by atoms with Gasteiger partial charge in [-0.15, -0.1) is 0 Å². The SMILES string of the molecule is CO[C@H]1O[C@@H]2COC(C)(C)O[C@@H]2[C@H](O)[C@H]1O. The average molecular weight is 234 g/mol. The molecule has 5 atom stereocenters. The second kappa shape index (κ2) is 4.21. The van der Waals surface area contributed by atoms with Crippen LogP contribution in [0.25, 0.3) is 0 Å². The minimum Gasteiger partial charge on any atom is -0.387 e. The van der Waals surface area contributed by atoms with Crippen molar-refractivity contribution in [2.24, 2.45) is 0 Å². The molecule has 0 aliphatic carbocycles. The van der Waals surface area contributed by atoms with Gasteiger partial charge >= 0.3 is 0 Å². The third kappa shape index (κ3) is 2.09. The standard InChI is InChI=1S/C10H18O6/c1-10(2)14-4-5-8(16-10)6(11)7(12)9(13-3)15-5/h5-9,11-12H,4H2,1-3H3/t5-,6-,7-,8+,9+/m1/s1. The lowest BCUT2D eigenvalue weighted by Crippen LogP contribution is -2.64. The summed E-state index contributed by atoms with van der Waals surface area (Å²) in [6.07, 6.45) is -4.00. The Morgan fingerprint density at radius 3 is 2.56 bits per heavy atom. The van der Waals surface area contributed by atoms with Crippen LogP contribution in [0.1, 0.15) is 13.8 Å². The van der Waals surface area contributed by atoms with Gasteiger partial charge in [0, 0.05) is 7.11 Å². The molecular weight excluding hydrogens is 216 g/mol. The number of hydrogen-bond donors (Lipinski definition) is 2. The van der Waals surface area contributed by atoms with Crippen LogP contribution < -0.4 is 0 Å². The molecule has 6 nitrogen and oxygen atoms in total. The molecule has 0 aromatic heterocycles. The number of fused-ring (bicyclic) bond motifs is 1. The molecule has 0 amide bonds. The molecule has 0 aromatic carbocycles. The van der Waals surface area contributed by atoms with Gasteiger partial charge < -0.3 is 29.2 Å². The number of methoxy groups -OCH3 is 1. The monoisotopic (exact) mass is 234 g/mol. The number of aliphatic hydroxyl groups excluding tert-OH is 2. The molecular formula is C10H18O6. The fraction of sp³-hybridized carbons (Fsp3) is 1.00. The average Bonchev–Trinajstić information content (AvgIpc) is 2.23. The first-order valence-corrected chi connectivity index (χ1v) is 5.31. The number of aliphatic hydroxyl groups is 2. The second-order valence-corrected chi connectivity index (χ2v) is 4.55. The summed E-state index contributed by atoms with van der Waals surface area (Å²) in [5, 5.41) is 19.6. The summed E-state index contributed by atoms with van der Waals surface area (Å²) in [6.45, 7) is 3.82. The van der Waals surface area contributed by atoms with Gasteiger partial charge in [-0.25, -0.2) is 0 Å². The molecule has 2 heterocycles. The van der Waals surface area contributed by atoms with Crippen LogP contribution in [0.15, 0.2) is 0 Å². The van der Waals surface area contributed by atoms with E-state index in [-0.39, 0.29) is 0 Å². The Hall–Kier alpha value is -0.240. The van der Waals surface area contributed by atoms with Gasteiger partial charge in [0.05, 0.1) is 6.61 Å². The largest absolute Gasteiger partial charge is 0.387 e. The molecule has 16 heavy (non-hydrogen) atoms. The molecule has 2 aliphatic rings. The highest BCUT2D eigenvalue weighted by Gasteiger charge is 2.50. The van der Waals surface area contributed by atoms with Gasteiger partial charge in [0.25, 0.3) is 0 Å². The quantitative estimate of drug-likeness (QED) is 0.620. The molecule has 2 rings (SSSR count). The smallest absolute Gasteiger partial charge is 0.186 e. The maximum Gasteiger partial charge on any atom is 0.186 e.